The maximum Gasteiger partial charge on any atom is 0.336 e. The molecule has 0 unspecified atom stereocenters. The molecule has 0 amide bonds. The van der Waals surface area contributed by atoms with E-state index in [2.05, 4.69) is 15.9 Å². The van der Waals surface area contributed by atoms with E-state index in [0.717, 1.165) is 13.4 Å². The summed E-state index contributed by atoms with van der Waals surface area (Å²) in [6.45, 7) is 0. The van der Waals surface area contributed by atoms with Crippen LogP contribution < -0.4 is 0 Å². The number of nitro benzene ring substituents is 1. The van der Waals surface area contributed by atoms with Gasteiger partial charge in [0.05, 0.1) is 10.5 Å². The topological polar surface area (TPSA) is 80.4 Å². The summed E-state index contributed by atoms with van der Waals surface area (Å²) < 4.78 is 1.25. The Hall–Kier alpha value is -1.13. The Bertz CT molecular complexity index is 738. The molecule has 0 bridgehead atoms. The number of non-ortho nitro benzene ring substituents is 1. The van der Waals surface area contributed by atoms with Crippen molar-refractivity contribution in [1.29, 1.82) is 0 Å². The van der Waals surface area contributed by atoms with Crippen LogP contribution >= 0.6 is 50.3 Å². The normalized spacial score (nSPS) is 10.4. The van der Waals surface area contributed by atoms with E-state index in [0.29, 0.717) is 4.47 Å². The highest BCUT2D eigenvalue weighted by molar-refractivity contribution is 14.1. The van der Waals surface area contributed by atoms with Crippen molar-refractivity contribution in [3.8, 4) is 0 Å². The first-order valence-corrected chi connectivity index (χ1v) is 8.22. The summed E-state index contributed by atoms with van der Waals surface area (Å²) in [6, 6.07) is 9.60. The molecule has 108 valence electrons. The third-order valence-electron chi connectivity index (χ3n) is 2.52. The monoisotopic (exact) mass is 479 g/mol. The van der Waals surface area contributed by atoms with Crippen molar-refractivity contribution < 1.29 is 14.8 Å². The van der Waals surface area contributed by atoms with E-state index < -0.39 is 10.9 Å². The van der Waals surface area contributed by atoms with Gasteiger partial charge in [0.1, 0.15) is 0 Å². The van der Waals surface area contributed by atoms with Crippen molar-refractivity contribution in [3.05, 3.63) is 60.1 Å². The summed E-state index contributed by atoms with van der Waals surface area (Å²) >= 11 is 6.57. The van der Waals surface area contributed by atoms with Crippen molar-refractivity contribution in [3.63, 3.8) is 0 Å². The minimum atomic E-state index is -1.01. The fourth-order valence-electron chi connectivity index (χ4n) is 1.54. The zero-order chi connectivity index (χ0) is 15.6. The van der Waals surface area contributed by atoms with Crippen molar-refractivity contribution in [2.45, 2.75) is 9.79 Å². The summed E-state index contributed by atoms with van der Waals surface area (Å²) in [7, 11) is 0. The standard InChI is InChI=1S/C13H7BrINO4S/c14-10-3-2-8(6-9(10)13(17)18)21-12-4-1-7(16(19)20)5-11(12)15/h1-6H,(H,17,18). The van der Waals surface area contributed by atoms with Crippen molar-refractivity contribution in [2.75, 3.05) is 0 Å². The highest BCUT2D eigenvalue weighted by Gasteiger charge is 2.13. The largest absolute Gasteiger partial charge is 0.478 e. The Morgan fingerprint density at radius 1 is 1.29 bits per heavy atom. The third-order valence-corrected chi connectivity index (χ3v) is 5.54. The Labute approximate surface area is 146 Å². The highest BCUT2D eigenvalue weighted by atomic mass is 127. The molecular formula is C13H7BrINO4S. The molecule has 8 heteroatoms. The zero-order valence-corrected chi connectivity index (χ0v) is 14.8. The van der Waals surface area contributed by atoms with Gasteiger partial charge in [0.2, 0.25) is 0 Å². The van der Waals surface area contributed by atoms with E-state index in [9.17, 15) is 14.9 Å². The number of nitro groups is 1. The first-order chi connectivity index (χ1) is 9.88. The van der Waals surface area contributed by atoms with Crippen LogP contribution in [0, 0.1) is 13.7 Å². The number of carbonyl (C=O) groups is 1. The second-order valence-corrected chi connectivity index (χ2v) is 7.05. The van der Waals surface area contributed by atoms with Crippen LogP contribution in [-0.4, -0.2) is 16.0 Å². The lowest BCUT2D eigenvalue weighted by atomic mass is 10.2. The molecule has 0 atom stereocenters. The van der Waals surface area contributed by atoms with E-state index in [1.807, 2.05) is 22.6 Å². The van der Waals surface area contributed by atoms with Crippen LogP contribution in [0.5, 0.6) is 0 Å². The Morgan fingerprint density at radius 3 is 2.57 bits per heavy atom. The molecule has 0 heterocycles. The Balaban J connectivity index is 2.32. The molecule has 0 aliphatic rings. The molecule has 0 spiro atoms. The second kappa shape index (κ2) is 6.75. The van der Waals surface area contributed by atoms with Crippen LogP contribution in [0.1, 0.15) is 10.4 Å². The van der Waals surface area contributed by atoms with Gasteiger partial charge >= 0.3 is 5.97 Å². The third kappa shape index (κ3) is 3.95. The molecule has 0 saturated carbocycles. The molecule has 0 aromatic heterocycles. The quantitative estimate of drug-likeness (QED) is 0.386. The van der Waals surface area contributed by atoms with Crippen molar-refractivity contribution >= 4 is 61.9 Å². The molecule has 0 aliphatic heterocycles. The van der Waals surface area contributed by atoms with Gasteiger partial charge in [0.15, 0.2) is 0 Å². The number of rotatable bonds is 4. The first kappa shape index (κ1) is 16.2. The van der Waals surface area contributed by atoms with Crippen LogP contribution in [-0.2, 0) is 0 Å². The Kier molecular flexibility index (Phi) is 5.22. The molecule has 0 saturated heterocycles. The van der Waals surface area contributed by atoms with Gasteiger partial charge in [-0.15, -0.1) is 0 Å². The molecule has 0 aliphatic carbocycles. The fourth-order valence-corrected chi connectivity index (χ4v) is 3.65. The summed E-state index contributed by atoms with van der Waals surface area (Å²) in [4.78, 5) is 22.9. The van der Waals surface area contributed by atoms with E-state index in [1.54, 1.807) is 24.3 Å². The smallest absolute Gasteiger partial charge is 0.336 e. The fraction of sp³-hybridized carbons (Fsp3) is 0. The van der Waals surface area contributed by atoms with Gasteiger partial charge in [-0.3, -0.25) is 10.1 Å². The van der Waals surface area contributed by atoms with Crippen molar-refractivity contribution in [1.82, 2.24) is 0 Å². The molecule has 0 fully saturated rings. The average Bonchev–Trinajstić information content (AvgIpc) is 2.42. The van der Waals surface area contributed by atoms with Gasteiger partial charge in [-0.25, -0.2) is 4.79 Å². The number of carboxylic acids is 1. The van der Waals surface area contributed by atoms with Gasteiger partial charge < -0.3 is 5.11 Å². The van der Waals surface area contributed by atoms with Crippen LogP contribution in [0.3, 0.4) is 0 Å². The molecule has 21 heavy (non-hydrogen) atoms. The Morgan fingerprint density at radius 2 is 2.00 bits per heavy atom. The van der Waals surface area contributed by atoms with E-state index >= 15 is 0 Å². The molecule has 5 nitrogen and oxygen atoms in total. The molecule has 0 radical (unpaired) electrons. The van der Waals surface area contributed by atoms with Gasteiger partial charge in [0, 0.05) is 30.0 Å². The van der Waals surface area contributed by atoms with E-state index in [1.165, 1.54) is 23.9 Å². The second-order valence-electron chi connectivity index (χ2n) is 3.92. The highest BCUT2D eigenvalue weighted by Crippen LogP contribution is 2.34. The molecule has 1 N–H and O–H groups in total. The zero-order valence-electron chi connectivity index (χ0n) is 10.2. The summed E-state index contributed by atoms with van der Waals surface area (Å²) in [5.41, 5.74) is 0.211. The van der Waals surface area contributed by atoms with Gasteiger partial charge in [-0.05, 0) is 62.8 Å². The number of benzene rings is 2. The SMILES string of the molecule is O=C(O)c1cc(Sc2ccc([N+](=O)[O-])cc2I)ccc1Br. The van der Waals surface area contributed by atoms with Gasteiger partial charge in [-0.1, -0.05) is 11.8 Å². The predicted octanol–water partition coefficient (Wildman–Crippen LogP) is 4.81. The number of halogens is 2. The van der Waals surface area contributed by atoms with Crippen LogP contribution in [0.2, 0.25) is 0 Å². The number of hydrogen-bond acceptors (Lipinski definition) is 4. The average molecular weight is 480 g/mol. The number of carboxylic acid groups (broad SMARTS) is 1. The van der Waals surface area contributed by atoms with E-state index in [4.69, 9.17) is 5.11 Å². The van der Waals surface area contributed by atoms with Gasteiger partial charge in [0.25, 0.3) is 5.69 Å². The van der Waals surface area contributed by atoms with Crippen LogP contribution in [0.4, 0.5) is 5.69 Å². The predicted molar refractivity (Wildman–Crippen MR) is 91.0 cm³/mol. The maximum atomic E-state index is 11.1. The molecule has 2 aromatic rings. The minimum Gasteiger partial charge on any atom is -0.478 e. The summed E-state index contributed by atoms with van der Waals surface area (Å²) in [6.07, 6.45) is 0. The summed E-state index contributed by atoms with van der Waals surface area (Å²) in [5.74, 6) is -1.01. The minimum absolute atomic E-state index is 0.0331. The van der Waals surface area contributed by atoms with Crippen LogP contribution in [0.25, 0.3) is 0 Å². The van der Waals surface area contributed by atoms with Crippen molar-refractivity contribution in [2.24, 2.45) is 0 Å². The number of aromatic carboxylic acids is 1. The lowest BCUT2D eigenvalue weighted by Crippen LogP contribution is -1.97. The molecule has 2 rings (SSSR count). The summed E-state index contributed by atoms with van der Waals surface area (Å²) in [5, 5.41) is 19.8. The number of nitrogens with zero attached hydrogens (tertiary/aromatic N) is 1. The van der Waals surface area contributed by atoms with Crippen LogP contribution in [0.15, 0.2) is 50.7 Å². The maximum absolute atomic E-state index is 11.1. The van der Waals surface area contributed by atoms with E-state index in [-0.39, 0.29) is 11.3 Å². The number of hydrogen-bond donors (Lipinski definition) is 1. The lowest BCUT2D eigenvalue weighted by molar-refractivity contribution is -0.385. The first-order valence-electron chi connectivity index (χ1n) is 5.53. The molecule has 2 aromatic carbocycles. The molecular weight excluding hydrogens is 473 g/mol. The lowest BCUT2D eigenvalue weighted by Gasteiger charge is -2.06. The van der Waals surface area contributed by atoms with Gasteiger partial charge in [-0.2, -0.15) is 0 Å².